The molecule has 1 aromatic heterocycles. The average molecular weight is 343 g/mol. The summed E-state index contributed by atoms with van der Waals surface area (Å²) in [6, 6.07) is 3.36. The lowest BCUT2D eigenvalue weighted by molar-refractivity contribution is 0.139. The van der Waals surface area contributed by atoms with Gasteiger partial charge in [0, 0.05) is 21.9 Å². The number of likely N-dealkylation sites (tertiary alicyclic amines) is 1. The molecular formula is C15H23BrN2S. The maximum absolute atomic E-state index is 6.12. The normalized spacial score (nSPS) is 27.2. The molecule has 0 aromatic carbocycles. The minimum atomic E-state index is 0.419. The molecule has 0 radical (unpaired) electrons. The number of rotatable bonds is 4. The third-order valence-electron chi connectivity index (χ3n) is 4.86. The Labute approximate surface area is 128 Å². The smallest absolute Gasteiger partial charge is 0.0578 e. The van der Waals surface area contributed by atoms with Crippen LogP contribution in [-0.4, -0.2) is 24.0 Å². The van der Waals surface area contributed by atoms with E-state index < -0.39 is 0 Å². The maximum Gasteiger partial charge on any atom is 0.0578 e. The van der Waals surface area contributed by atoms with Gasteiger partial charge in [0.25, 0.3) is 0 Å². The van der Waals surface area contributed by atoms with Crippen molar-refractivity contribution in [2.24, 2.45) is 11.7 Å². The van der Waals surface area contributed by atoms with E-state index >= 15 is 0 Å². The number of halogens is 1. The first-order valence-electron chi connectivity index (χ1n) is 7.50. The summed E-state index contributed by atoms with van der Waals surface area (Å²) < 4.78 is 1.24. The van der Waals surface area contributed by atoms with E-state index in [0.717, 1.165) is 18.5 Å². The fraction of sp³-hybridized carbons (Fsp3) is 0.733. The van der Waals surface area contributed by atoms with Crippen LogP contribution in [0.15, 0.2) is 15.9 Å². The van der Waals surface area contributed by atoms with Crippen LogP contribution in [0.5, 0.6) is 0 Å². The first-order chi connectivity index (χ1) is 9.31. The number of hydrogen-bond acceptors (Lipinski definition) is 3. The fourth-order valence-electron chi connectivity index (χ4n) is 3.99. The van der Waals surface area contributed by atoms with Gasteiger partial charge in [-0.25, -0.2) is 0 Å². The van der Waals surface area contributed by atoms with Crippen LogP contribution in [0.4, 0.5) is 0 Å². The van der Waals surface area contributed by atoms with E-state index in [-0.39, 0.29) is 0 Å². The van der Waals surface area contributed by atoms with Crippen LogP contribution in [0, 0.1) is 5.92 Å². The van der Waals surface area contributed by atoms with Gasteiger partial charge in [-0.3, -0.25) is 4.90 Å². The van der Waals surface area contributed by atoms with Gasteiger partial charge in [-0.2, -0.15) is 0 Å². The van der Waals surface area contributed by atoms with Crippen LogP contribution >= 0.6 is 27.3 Å². The van der Waals surface area contributed by atoms with Crippen LogP contribution in [0.25, 0.3) is 0 Å². The predicted octanol–water partition coefficient (Wildman–Crippen LogP) is 4.17. The summed E-state index contributed by atoms with van der Waals surface area (Å²) in [5.41, 5.74) is 6.12. The third kappa shape index (κ3) is 2.78. The maximum atomic E-state index is 6.12. The second-order valence-corrected chi connectivity index (χ2v) is 7.68. The summed E-state index contributed by atoms with van der Waals surface area (Å²) >= 11 is 5.53. The van der Waals surface area contributed by atoms with Crippen LogP contribution < -0.4 is 5.73 Å². The van der Waals surface area contributed by atoms with E-state index in [4.69, 9.17) is 5.73 Å². The molecule has 2 heterocycles. The number of nitrogens with two attached hydrogens (primary N) is 1. The highest BCUT2D eigenvalue weighted by Gasteiger charge is 2.37. The number of hydrogen-bond donors (Lipinski definition) is 1. The SMILES string of the molecule is NCC(c1sccc1Br)N1CCCC1C1CCCC1. The monoisotopic (exact) mass is 342 g/mol. The van der Waals surface area contributed by atoms with E-state index in [1.165, 1.54) is 54.4 Å². The van der Waals surface area contributed by atoms with E-state index in [1.54, 1.807) is 0 Å². The highest BCUT2D eigenvalue weighted by atomic mass is 79.9. The highest BCUT2D eigenvalue weighted by molar-refractivity contribution is 9.10. The van der Waals surface area contributed by atoms with E-state index in [2.05, 4.69) is 32.3 Å². The molecule has 2 atom stereocenters. The molecule has 19 heavy (non-hydrogen) atoms. The Morgan fingerprint density at radius 2 is 2.11 bits per heavy atom. The molecular weight excluding hydrogens is 320 g/mol. The van der Waals surface area contributed by atoms with Crippen molar-refractivity contribution in [2.45, 2.75) is 50.6 Å². The Morgan fingerprint density at radius 1 is 1.32 bits per heavy atom. The lowest BCUT2D eigenvalue weighted by Gasteiger charge is -2.35. The summed E-state index contributed by atoms with van der Waals surface area (Å²) in [5, 5.41) is 2.17. The van der Waals surface area contributed by atoms with Crippen molar-refractivity contribution in [3.63, 3.8) is 0 Å². The standard InChI is InChI=1S/C15H23BrN2S/c16-12-7-9-19-15(12)14(10-17)18-8-3-6-13(18)11-4-1-2-5-11/h7,9,11,13-14H,1-6,8,10,17H2. The Hall–Kier alpha value is 0.1000. The van der Waals surface area contributed by atoms with Crippen LogP contribution in [0.2, 0.25) is 0 Å². The predicted molar refractivity (Wildman–Crippen MR) is 85.5 cm³/mol. The quantitative estimate of drug-likeness (QED) is 0.889. The fourth-order valence-corrected chi connectivity index (χ4v) is 5.76. The summed E-state index contributed by atoms with van der Waals surface area (Å²) in [5.74, 6) is 0.926. The van der Waals surface area contributed by atoms with Crippen LogP contribution in [0.3, 0.4) is 0 Å². The zero-order valence-electron chi connectivity index (χ0n) is 11.4. The van der Waals surface area contributed by atoms with Crippen molar-refractivity contribution in [2.75, 3.05) is 13.1 Å². The van der Waals surface area contributed by atoms with Crippen molar-refractivity contribution < 1.29 is 0 Å². The van der Waals surface area contributed by atoms with Gasteiger partial charge < -0.3 is 5.73 Å². The molecule has 1 aromatic rings. The lowest BCUT2D eigenvalue weighted by Crippen LogP contribution is -2.40. The van der Waals surface area contributed by atoms with Gasteiger partial charge in [0.1, 0.15) is 0 Å². The Balaban J connectivity index is 1.80. The van der Waals surface area contributed by atoms with Gasteiger partial charge in [-0.15, -0.1) is 11.3 Å². The molecule has 1 saturated heterocycles. The van der Waals surface area contributed by atoms with Gasteiger partial charge in [0.05, 0.1) is 6.04 Å². The third-order valence-corrected chi connectivity index (χ3v) is 6.83. The summed E-state index contributed by atoms with van der Waals surface area (Å²) in [7, 11) is 0. The van der Waals surface area contributed by atoms with Crippen molar-refractivity contribution in [3.05, 3.63) is 20.8 Å². The molecule has 0 bridgehead atoms. The lowest BCUT2D eigenvalue weighted by atomic mass is 9.95. The highest BCUT2D eigenvalue weighted by Crippen LogP contribution is 2.41. The van der Waals surface area contributed by atoms with E-state index in [9.17, 15) is 0 Å². The van der Waals surface area contributed by atoms with Gasteiger partial charge >= 0.3 is 0 Å². The van der Waals surface area contributed by atoms with Crippen LogP contribution in [0.1, 0.15) is 49.4 Å². The van der Waals surface area contributed by atoms with Gasteiger partial charge in [-0.1, -0.05) is 12.8 Å². The number of nitrogens with zero attached hydrogens (tertiary/aromatic N) is 1. The van der Waals surface area contributed by atoms with E-state index in [0.29, 0.717) is 6.04 Å². The second kappa shape index (κ2) is 6.25. The minimum Gasteiger partial charge on any atom is -0.329 e. The molecule has 106 valence electrons. The van der Waals surface area contributed by atoms with Crippen molar-refractivity contribution >= 4 is 27.3 Å². The molecule has 0 spiro atoms. The Kier molecular flexibility index (Phi) is 4.62. The van der Waals surface area contributed by atoms with E-state index in [1.807, 2.05) is 11.3 Å². The zero-order chi connectivity index (χ0) is 13.2. The molecule has 1 saturated carbocycles. The largest absolute Gasteiger partial charge is 0.329 e. The summed E-state index contributed by atoms with van der Waals surface area (Å²) in [4.78, 5) is 4.14. The van der Waals surface area contributed by atoms with Gasteiger partial charge in [0.2, 0.25) is 0 Å². The second-order valence-electron chi connectivity index (χ2n) is 5.88. The molecule has 2 fully saturated rings. The molecule has 2 unspecified atom stereocenters. The summed E-state index contributed by atoms with van der Waals surface area (Å²) in [6.07, 6.45) is 8.47. The number of thiophene rings is 1. The average Bonchev–Trinajstić information content (AvgIpc) is 3.11. The molecule has 1 aliphatic carbocycles. The molecule has 2 N–H and O–H groups in total. The Bertz CT molecular complexity index is 414. The molecule has 1 aliphatic heterocycles. The van der Waals surface area contributed by atoms with Gasteiger partial charge in [0.15, 0.2) is 0 Å². The topological polar surface area (TPSA) is 29.3 Å². The Morgan fingerprint density at radius 3 is 2.74 bits per heavy atom. The zero-order valence-corrected chi connectivity index (χ0v) is 13.8. The summed E-state index contributed by atoms with van der Waals surface area (Å²) in [6.45, 7) is 1.97. The first kappa shape index (κ1) is 14.1. The van der Waals surface area contributed by atoms with Gasteiger partial charge in [-0.05, 0) is 65.5 Å². The molecule has 2 nitrogen and oxygen atoms in total. The first-order valence-corrected chi connectivity index (χ1v) is 9.17. The van der Waals surface area contributed by atoms with Crippen LogP contribution in [-0.2, 0) is 0 Å². The molecule has 4 heteroatoms. The van der Waals surface area contributed by atoms with Crippen molar-refractivity contribution in [3.8, 4) is 0 Å². The molecule has 0 amide bonds. The molecule has 2 aliphatic rings. The van der Waals surface area contributed by atoms with Crippen molar-refractivity contribution in [1.29, 1.82) is 0 Å². The minimum absolute atomic E-state index is 0.419. The van der Waals surface area contributed by atoms with Crippen molar-refractivity contribution in [1.82, 2.24) is 4.90 Å². The molecule has 3 rings (SSSR count).